The van der Waals surface area contributed by atoms with Crippen molar-refractivity contribution in [3.8, 4) is 11.1 Å². The minimum absolute atomic E-state index is 0.282. The molecule has 3 nitrogen and oxygen atoms in total. The Bertz CT molecular complexity index is 866. The average molecular weight is 317 g/mol. The first-order valence-corrected chi connectivity index (χ1v) is 7.58. The molecule has 1 aromatic carbocycles. The highest BCUT2D eigenvalue weighted by molar-refractivity contribution is 5.77. The number of benzene rings is 1. The fourth-order valence-corrected chi connectivity index (χ4v) is 3.25. The number of nitrogens with zero attached hydrogens (tertiary/aromatic N) is 3. The Kier molecular flexibility index (Phi) is 3.14. The number of hydrogen-bond donors (Lipinski definition) is 0. The van der Waals surface area contributed by atoms with Gasteiger partial charge in [0.1, 0.15) is 0 Å². The van der Waals surface area contributed by atoms with Gasteiger partial charge in [0.15, 0.2) is 11.3 Å². The van der Waals surface area contributed by atoms with E-state index in [1.807, 2.05) is 30.3 Å². The molecular formula is C17H14F3N3. The SMILES string of the molecule is FC(F)(F)c1nc2c(-c3ccccc3)cnn2c2c1CCCC2. The molecule has 0 bridgehead atoms. The fourth-order valence-electron chi connectivity index (χ4n) is 3.25. The van der Waals surface area contributed by atoms with Crippen LogP contribution in [0.3, 0.4) is 0 Å². The summed E-state index contributed by atoms with van der Waals surface area (Å²) in [7, 11) is 0. The molecule has 0 radical (unpaired) electrons. The molecule has 0 saturated carbocycles. The van der Waals surface area contributed by atoms with Gasteiger partial charge < -0.3 is 0 Å². The van der Waals surface area contributed by atoms with Crippen LogP contribution in [-0.2, 0) is 19.0 Å². The van der Waals surface area contributed by atoms with Crippen molar-refractivity contribution >= 4 is 5.65 Å². The first-order chi connectivity index (χ1) is 11.1. The Morgan fingerprint density at radius 1 is 1.00 bits per heavy atom. The Hall–Kier alpha value is -2.37. The van der Waals surface area contributed by atoms with Crippen molar-refractivity contribution in [2.75, 3.05) is 0 Å². The highest BCUT2D eigenvalue weighted by Crippen LogP contribution is 2.37. The van der Waals surface area contributed by atoms with Crippen LogP contribution in [0, 0.1) is 0 Å². The second-order valence-electron chi connectivity index (χ2n) is 5.75. The summed E-state index contributed by atoms with van der Waals surface area (Å²) >= 11 is 0. The molecule has 4 rings (SSSR count). The minimum Gasteiger partial charge on any atom is -0.223 e. The molecule has 0 atom stereocenters. The zero-order chi connectivity index (χ0) is 16.0. The Morgan fingerprint density at radius 2 is 1.74 bits per heavy atom. The van der Waals surface area contributed by atoms with Crippen LogP contribution in [-0.4, -0.2) is 14.6 Å². The quantitative estimate of drug-likeness (QED) is 0.670. The van der Waals surface area contributed by atoms with Gasteiger partial charge in [-0.15, -0.1) is 0 Å². The number of hydrogen-bond acceptors (Lipinski definition) is 2. The largest absolute Gasteiger partial charge is 0.433 e. The molecule has 0 spiro atoms. The second-order valence-corrected chi connectivity index (χ2v) is 5.75. The summed E-state index contributed by atoms with van der Waals surface area (Å²) in [4.78, 5) is 3.97. The molecule has 0 N–H and O–H groups in total. The van der Waals surface area contributed by atoms with E-state index in [4.69, 9.17) is 0 Å². The monoisotopic (exact) mass is 317 g/mol. The molecule has 2 heterocycles. The number of rotatable bonds is 1. The van der Waals surface area contributed by atoms with Gasteiger partial charge in [-0.1, -0.05) is 30.3 Å². The summed E-state index contributed by atoms with van der Waals surface area (Å²) in [6, 6.07) is 9.27. The summed E-state index contributed by atoms with van der Waals surface area (Å²) in [6.45, 7) is 0. The Balaban J connectivity index is 2.03. The zero-order valence-electron chi connectivity index (χ0n) is 12.3. The first-order valence-electron chi connectivity index (χ1n) is 7.58. The van der Waals surface area contributed by atoms with Crippen LogP contribution in [0.4, 0.5) is 13.2 Å². The third kappa shape index (κ3) is 2.29. The molecule has 6 heteroatoms. The van der Waals surface area contributed by atoms with Crippen molar-refractivity contribution < 1.29 is 13.2 Å². The van der Waals surface area contributed by atoms with E-state index in [1.165, 1.54) is 0 Å². The lowest BCUT2D eigenvalue weighted by molar-refractivity contribution is -0.141. The molecule has 0 saturated heterocycles. The number of halogens is 3. The van der Waals surface area contributed by atoms with Gasteiger partial charge in [0.05, 0.1) is 6.20 Å². The third-order valence-corrected chi connectivity index (χ3v) is 4.30. The normalized spacial score (nSPS) is 14.9. The maximum atomic E-state index is 13.5. The van der Waals surface area contributed by atoms with Gasteiger partial charge in [-0.3, -0.25) is 0 Å². The van der Waals surface area contributed by atoms with Gasteiger partial charge >= 0.3 is 6.18 Å². The molecule has 1 aliphatic rings. The van der Waals surface area contributed by atoms with E-state index in [0.29, 0.717) is 29.7 Å². The van der Waals surface area contributed by atoms with E-state index in [9.17, 15) is 13.2 Å². The lowest BCUT2D eigenvalue weighted by Gasteiger charge is -2.21. The number of alkyl halides is 3. The molecule has 2 aromatic heterocycles. The minimum atomic E-state index is -4.44. The topological polar surface area (TPSA) is 30.2 Å². The van der Waals surface area contributed by atoms with E-state index in [2.05, 4.69) is 10.1 Å². The van der Waals surface area contributed by atoms with Crippen molar-refractivity contribution in [1.29, 1.82) is 0 Å². The predicted octanol–water partition coefficient (Wildman–Crippen LogP) is 4.29. The third-order valence-electron chi connectivity index (χ3n) is 4.30. The summed E-state index contributed by atoms with van der Waals surface area (Å²) in [6.07, 6.45) is -0.185. The molecule has 0 aliphatic heterocycles. The second kappa shape index (κ2) is 5.08. The Labute approximate surface area is 130 Å². The van der Waals surface area contributed by atoms with Crippen LogP contribution in [0.25, 0.3) is 16.8 Å². The maximum Gasteiger partial charge on any atom is 0.433 e. The molecular weight excluding hydrogens is 303 g/mol. The standard InChI is InChI=1S/C17H14F3N3/c18-17(19,20)15-12-8-4-5-9-14(12)23-16(22-15)13(10-21-23)11-6-2-1-3-7-11/h1-3,6-7,10H,4-5,8-9H2. The van der Waals surface area contributed by atoms with Crippen LogP contribution >= 0.6 is 0 Å². The van der Waals surface area contributed by atoms with Crippen LogP contribution in [0.15, 0.2) is 36.5 Å². The fraction of sp³-hybridized carbons (Fsp3) is 0.294. The predicted molar refractivity (Wildman–Crippen MR) is 80.1 cm³/mol. The Morgan fingerprint density at radius 3 is 2.48 bits per heavy atom. The van der Waals surface area contributed by atoms with Crippen molar-refractivity contribution in [3.63, 3.8) is 0 Å². The van der Waals surface area contributed by atoms with Crippen LogP contribution < -0.4 is 0 Å². The van der Waals surface area contributed by atoms with E-state index >= 15 is 0 Å². The summed E-state index contributed by atoms with van der Waals surface area (Å²) in [5.41, 5.74) is 1.93. The number of aromatic nitrogens is 3. The van der Waals surface area contributed by atoms with Crippen LogP contribution in [0.2, 0.25) is 0 Å². The van der Waals surface area contributed by atoms with Gasteiger partial charge in [0.25, 0.3) is 0 Å². The summed E-state index contributed by atoms with van der Waals surface area (Å²) < 4.78 is 41.9. The highest BCUT2D eigenvalue weighted by Gasteiger charge is 2.38. The zero-order valence-corrected chi connectivity index (χ0v) is 12.3. The summed E-state index contributed by atoms with van der Waals surface area (Å²) in [5, 5.41) is 4.32. The first kappa shape index (κ1) is 14.2. The van der Waals surface area contributed by atoms with Gasteiger partial charge in [-0.25, -0.2) is 9.50 Å². The molecule has 1 aliphatic carbocycles. The lowest BCUT2D eigenvalue weighted by Crippen LogP contribution is -2.20. The maximum absolute atomic E-state index is 13.5. The van der Waals surface area contributed by atoms with Crippen molar-refractivity contribution in [3.05, 3.63) is 53.5 Å². The summed E-state index contributed by atoms with van der Waals surface area (Å²) in [5.74, 6) is 0. The highest BCUT2D eigenvalue weighted by atomic mass is 19.4. The van der Waals surface area contributed by atoms with E-state index < -0.39 is 11.9 Å². The molecule has 0 unspecified atom stereocenters. The van der Waals surface area contributed by atoms with Gasteiger partial charge in [0, 0.05) is 16.8 Å². The van der Waals surface area contributed by atoms with Gasteiger partial charge in [-0.2, -0.15) is 18.3 Å². The van der Waals surface area contributed by atoms with Gasteiger partial charge in [-0.05, 0) is 31.2 Å². The van der Waals surface area contributed by atoms with E-state index in [1.54, 1.807) is 10.7 Å². The number of fused-ring (bicyclic) bond motifs is 3. The number of aryl methyl sites for hydroxylation is 1. The van der Waals surface area contributed by atoms with Crippen molar-refractivity contribution in [2.45, 2.75) is 31.9 Å². The molecule has 118 valence electrons. The lowest BCUT2D eigenvalue weighted by atomic mass is 9.94. The van der Waals surface area contributed by atoms with Gasteiger partial charge in [0.2, 0.25) is 0 Å². The molecule has 3 aromatic rings. The van der Waals surface area contributed by atoms with Crippen LogP contribution in [0.5, 0.6) is 0 Å². The average Bonchev–Trinajstić information content (AvgIpc) is 2.98. The molecule has 0 fully saturated rings. The van der Waals surface area contributed by atoms with E-state index in [0.717, 1.165) is 18.4 Å². The molecule has 23 heavy (non-hydrogen) atoms. The van der Waals surface area contributed by atoms with E-state index in [-0.39, 0.29) is 5.65 Å². The van der Waals surface area contributed by atoms with Crippen molar-refractivity contribution in [2.24, 2.45) is 0 Å². The molecule has 0 amide bonds. The smallest absolute Gasteiger partial charge is 0.223 e. The van der Waals surface area contributed by atoms with Crippen LogP contribution in [0.1, 0.15) is 29.8 Å². The van der Waals surface area contributed by atoms with Crippen molar-refractivity contribution in [1.82, 2.24) is 14.6 Å².